The van der Waals surface area contributed by atoms with Crippen molar-refractivity contribution in [3.63, 3.8) is 0 Å². The molecule has 3 rings (SSSR count). The minimum absolute atomic E-state index is 0.161. The van der Waals surface area contributed by atoms with Gasteiger partial charge in [0.1, 0.15) is 0 Å². The Morgan fingerprint density at radius 1 is 1.32 bits per heavy atom. The van der Waals surface area contributed by atoms with Crippen LogP contribution in [0.3, 0.4) is 0 Å². The molecule has 2 aromatic heterocycles. The molecule has 0 fully saturated rings. The lowest BCUT2D eigenvalue weighted by Crippen LogP contribution is -2.12. The third-order valence-corrected chi connectivity index (χ3v) is 5.34. The highest BCUT2D eigenvalue weighted by molar-refractivity contribution is 7.90. The van der Waals surface area contributed by atoms with E-state index in [0.717, 1.165) is 16.5 Å². The Balaban J connectivity index is 2.16. The first-order chi connectivity index (χ1) is 10.4. The molecule has 0 saturated heterocycles. The summed E-state index contributed by atoms with van der Waals surface area (Å²) in [6.45, 7) is 0. The highest BCUT2D eigenvalue weighted by Gasteiger charge is 2.12. The van der Waals surface area contributed by atoms with Gasteiger partial charge in [-0.05, 0) is 30.3 Å². The average molecular weight is 336 g/mol. The van der Waals surface area contributed by atoms with E-state index in [1.165, 1.54) is 17.6 Å². The van der Waals surface area contributed by atoms with Gasteiger partial charge in [0.05, 0.1) is 21.4 Å². The summed E-state index contributed by atoms with van der Waals surface area (Å²) in [5.41, 5.74) is 0.809. The van der Waals surface area contributed by atoms with Gasteiger partial charge >= 0.3 is 5.91 Å². The number of benzene rings is 1. The van der Waals surface area contributed by atoms with Crippen LogP contribution in [0.4, 0.5) is 0 Å². The molecule has 6 nitrogen and oxygen atoms in total. The maximum absolute atomic E-state index is 12.0. The molecule has 0 aliphatic rings. The number of fused-ring (bicyclic) bond motifs is 1. The van der Waals surface area contributed by atoms with E-state index in [-0.39, 0.29) is 10.7 Å². The number of rotatable bonds is 2. The number of nitrogens with zero attached hydrogens (tertiary/aromatic N) is 2. The molecule has 1 amide bonds. The first-order valence-electron chi connectivity index (χ1n) is 6.28. The van der Waals surface area contributed by atoms with Crippen molar-refractivity contribution in [2.75, 3.05) is 6.26 Å². The quantitative estimate of drug-likeness (QED) is 0.716. The summed E-state index contributed by atoms with van der Waals surface area (Å²) < 4.78 is 30.7. The molecule has 8 heteroatoms. The minimum atomic E-state index is -3.27. The zero-order valence-electron chi connectivity index (χ0n) is 11.8. The lowest BCUT2D eigenvalue weighted by Gasteiger charge is -1.99. The Kier molecular flexibility index (Phi) is 3.50. The van der Waals surface area contributed by atoms with Crippen LogP contribution in [0.1, 0.15) is 10.6 Å². The predicted octanol–water partition coefficient (Wildman–Crippen LogP) is 1.98. The van der Waals surface area contributed by atoms with Gasteiger partial charge in [0.25, 0.3) is 0 Å². The summed E-state index contributed by atoms with van der Waals surface area (Å²) >= 11 is 1.25. The monoisotopic (exact) mass is 336 g/mol. The molecule has 0 radical (unpaired) electrons. The maximum atomic E-state index is 12.0. The number of thiazole rings is 1. The number of hydrogen-bond acceptors (Lipinski definition) is 5. The highest BCUT2D eigenvalue weighted by atomic mass is 32.2. The Morgan fingerprint density at radius 2 is 2.09 bits per heavy atom. The van der Waals surface area contributed by atoms with Crippen LogP contribution >= 0.6 is 11.3 Å². The third-order valence-electron chi connectivity index (χ3n) is 3.14. The summed E-state index contributed by atoms with van der Waals surface area (Å²) in [5.74, 6) is -0.315. The number of furan rings is 1. The number of amides is 1. The summed E-state index contributed by atoms with van der Waals surface area (Å²) in [5, 5.41) is 0. The number of aryl methyl sites for hydroxylation is 1. The van der Waals surface area contributed by atoms with E-state index in [1.807, 2.05) is 0 Å². The van der Waals surface area contributed by atoms with Gasteiger partial charge in [0.15, 0.2) is 20.4 Å². The first-order valence-corrected chi connectivity index (χ1v) is 8.99. The number of aromatic nitrogens is 1. The normalized spacial score (nSPS) is 12.9. The molecular formula is C14H12N2O4S2. The number of carbonyl (C=O) groups is 1. The molecule has 0 aliphatic heterocycles. The molecule has 0 N–H and O–H groups in total. The van der Waals surface area contributed by atoms with Crippen LogP contribution in [-0.4, -0.2) is 25.1 Å². The molecule has 0 aliphatic carbocycles. The average Bonchev–Trinajstić information content (AvgIpc) is 3.07. The Bertz CT molecular complexity index is 1020. The highest BCUT2D eigenvalue weighted by Crippen LogP contribution is 2.21. The fourth-order valence-electron chi connectivity index (χ4n) is 1.99. The molecular weight excluding hydrogens is 324 g/mol. The van der Waals surface area contributed by atoms with Crippen LogP contribution < -0.4 is 4.80 Å². The molecule has 2 heterocycles. The molecule has 0 atom stereocenters. The zero-order chi connectivity index (χ0) is 15.9. The third kappa shape index (κ3) is 2.62. The topological polar surface area (TPSA) is 81.6 Å². The van der Waals surface area contributed by atoms with E-state index in [9.17, 15) is 13.2 Å². The summed E-state index contributed by atoms with van der Waals surface area (Å²) in [6, 6.07) is 8.00. The van der Waals surface area contributed by atoms with Crippen molar-refractivity contribution < 1.29 is 17.6 Å². The van der Waals surface area contributed by atoms with E-state index in [1.54, 1.807) is 41.9 Å². The molecule has 0 saturated carbocycles. The Labute approximate surface area is 130 Å². The van der Waals surface area contributed by atoms with Crippen LogP contribution in [0.2, 0.25) is 0 Å². The van der Waals surface area contributed by atoms with Gasteiger partial charge < -0.3 is 8.98 Å². The van der Waals surface area contributed by atoms with E-state index in [2.05, 4.69) is 4.99 Å². The van der Waals surface area contributed by atoms with Crippen molar-refractivity contribution >= 4 is 37.3 Å². The molecule has 0 unspecified atom stereocenters. The van der Waals surface area contributed by atoms with Crippen molar-refractivity contribution in [2.45, 2.75) is 4.90 Å². The predicted molar refractivity (Wildman–Crippen MR) is 82.5 cm³/mol. The fourth-order valence-corrected chi connectivity index (χ4v) is 3.77. The van der Waals surface area contributed by atoms with Crippen molar-refractivity contribution in [3.05, 3.63) is 47.2 Å². The fraction of sp³-hybridized carbons (Fsp3) is 0.143. The summed E-state index contributed by atoms with van der Waals surface area (Å²) in [7, 11) is -1.50. The van der Waals surface area contributed by atoms with Crippen LogP contribution in [0, 0.1) is 0 Å². The van der Waals surface area contributed by atoms with Gasteiger partial charge in [-0.15, -0.1) is 0 Å². The number of hydrogen-bond donors (Lipinski definition) is 0. The Morgan fingerprint density at radius 3 is 2.73 bits per heavy atom. The molecule has 1 aromatic carbocycles. The molecule has 0 bridgehead atoms. The van der Waals surface area contributed by atoms with Gasteiger partial charge in [-0.25, -0.2) is 8.42 Å². The SMILES string of the molecule is Cn1c(=NC(=O)c2ccco2)sc2cc(S(C)(=O)=O)ccc21. The number of carbonyl (C=O) groups excluding carboxylic acids is 1. The van der Waals surface area contributed by atoms with Crippen molar-refractivity contribution in [1.82, 2.24) is 4.57 Å². The minimum Gasteiger partial charge on any atom is -0.459 e. The van der Waals surface area contributed by atoms with Crippen molar-refractivity contribution in [2.24, 2.45) is 12.0 Å². The zero-order valence-corrected chi connectivity index (χ0v) is 13.4. The van der Waals surface area contributed by atoms with Crippen LogP contribution in [0.25, 0.3) is 10.2 Å². The molecule has 114 valence electrons. The lowest BCUT2D eigenvalue weighted by molar-refractivity contribution is 0.0971. The smallest absolute Gasteiger partial charge is 0.315 e. The molecule has 0 spiro atoms. The standard InChI is InChI=1S/C14H12N2O4S2/c1-16-10-6-5-9(22(2,18)19)8-12(10)21-14(16)15-13(17)11-4-3-7-20-11/h3-8H,1-2H3. The van der Waals surface area contributed by atoms with Gasteiger partial charge in [0, 0.05) is 13.3 Å². The maximum Gasteiger partial charge on any atom is 0.315 e. The lowest BCUT2D eigenvalue weighted by atomic mass is 10.3. The Hall–Kier alpha value is -2.19. The molecule has 22 heavy (non-hydrogen) atoms. The van der Waals surface area contributed by atoms with Crippen LogP contribution in [-0.2, 0) is 16.9 Å². The van der Waals surface area contributed by atoms with Crippen molar-refractivity contribution in [1.29, 1.82) is 0 Å². The summed E-state index contributed by atoms with van der Waals surface area (Å²) in [4.78, 5) is 16.7. The largest absolute Gasteiger partial charge is 0.459 e. The van der Waals surface area contributed by atoms with Crippen molar-refractivity contribution in [3.8, 4) is 0 Å². The van der Waals surface area contributed by atoms with E-state index in [4.69, 9.17) is 4.42 Å². The van der Waals surface area contributed by atoms with E-state index < -0.39 is 15.7 Å². The van der Waals surface area contributed by atoms with Gasteiger partial charge in [-0.2, -0.15) is 4.99 Å². The van der Waals surface area contributed by atoms with E-state index in [0.29, 0.717) is 4.80 Å². The van der Waals surface area contributed by atoms with Gasteiger partial charge in [-0.3, -0.25) is 4.79 Å². The van der Waals surface area contributed by atoms with Crippen LogP contribution in [0.15, 0.2) is 50.9 Å². The summed E-state index contributed by atoms with van der Waals surface area (Å²) in [6.07, 6.45) is 2.57. The first kappa shape index (κ1) is 14.7. The molecule has 3 aromatic rings. The number of sulfone groups is 1. The van der Waals surface area contributed by atoms with Gasteiger partial charge in [-0.1, -0.05) is 11.3 Å². The van der Waals surface area contributed by atoms with E-state index >= 15 is 0 Å². The second-order valence-electron chi connectivity index (χ2n) is 4.74. The van der Waals surface area contributed by atoms with Crippen LogP contribution in [0.5, 0.6) is 0 Å². The van der Waals surface area contributed by atoms with Gasteiger partial charge in [0.2, 0.25) is 0 Å². The second kappa shape index (κ2) is 5.22. The second-order valence-corrected chi connectivity index (χ2v) is 7.76.